The lowest BCUT2D eigenvalue weighted by molar-refractivity contribution is -0.109. The molecular formula is C13H27NO2. The molecule has 3 heteroatoms. The lowest BCUT2D eigenvalue weighted by Gasteiger charge is -2.02. The first-order chi connectivity index (χ1) is 7.91. The molecule has 0 heterocycles. The van der Waals surface area contributed by atoms with Crippen LogP contribution in [0.2, 0.25) is 0 Å². The number of hydrogen-bond donors (Lipinski definition) is 1. The topological polar surface area (TPSA) is 38.3 Å². The largest absolute Gasteiger partial charge is 0.385 e. The molecule has 0 spiro atoms. The van der Waals surface area contributed by atoms with Crippen molar-refractivity contribution in [2.75, 3.05) is 20.3 Å². The number of carbonyl (C=O) groups excluding carboxylic acids is 1. The van der Waals surface area contributed by atoms with Crippen molar-refractivity contribution in [2.24, 2.45) is 0 Å². The summed E-state index contributed by atoms with van der Waals surface area (Å²) in [7, 11) is 1.76. The minimum Gasteiger partial charge on any atom is -0.385 e. The Labute approximate surface area is 99.9 Å². The van der Waals surface area contributed by atoms with E-state index in [1.807, 2.05) is 0 Å². The van der Waals surface area contributed by atoms with Crippen molar-refractivity contribution in [1.29, 1.82) is 0 Å². The molecule has 0 unspecified atom stereocenters. The molecule has 0 saturated heterocycles. The lowest BCUT2D eigenvalue weighted by atomic mass is 10.1. The molecule has 0 radical (unpaired) electrons. The Morgan fingerprint density at radius 3 is 1.88 bits per heavy atom. The van der Waals surface area contributed by atoms with Crippen molar-refractivity contribution in [1.82, 2.24) is 5.32 Å². The highest BCUT2D eigenvalue weighted by Crippen LogP contribution is 2.09. The van der Waals surface area contributed by atoms with Crippen LogP contribution >= 0.6 is 0 Å². The average molecular weight is 229 g/mol. The van der Waals surface area contributed by atoms with Crippen molar-refractivity contribution in [3.8, 4) is 0 Å². The quantitative estimate of drug-likeness (QED) is 0.389. The standard InChI is InChI=1S/C13H27NO2/c1-16-12-10-8-6-4-2-3-5-7-9-11-14-13-15/h13H,2-12H2,1H3,(H,14,15). The third-order valence-corrected chi connectivity index (χ3v) is 2.75. The highest BCUT2D eigenvalue weighted by atomic mass is 16.5. The minimum atomic E-state index is 0.778. The number of carbonyl (C=O) groups is 1. The maximum absolute atomic E-state index is 9.97. The van der Waals surface area contributed by atoms with Crippen molar-refractivity contribution in [3.05, 3.63) is 0 Å². The van der Waals surface area contributed by atoms with Gasteiger partial charge < -0.3 is 10.1 Å². The Kier molecular flexibility index (Phi) is 13.9. The number of amides is 1. The molecule has 0 aromatic rings. The van der Waals surface area contributed by atoms with Gasteiger partial charge in [0.2, 0.25) is 6.41 Å². The van der Waals surface area contributed by atoms with Crippen molar-refractivity contribution in [3.63, 3.8) is 0 Å². The SMILES string of the molecule is COCCCCCCCCCCCNC=O. The van der Waals surface area contributed by atoms with Gasteiger partial charge in [-0.2, -0.15) is 0 Å². The van der Waals surface area contributed by atoms with E-state index in [0.29, 0.717) is 0 Å². The van der Waals surface area contributed by atoms with Crippen LogP contribution in [0.15, 0.2) is 0 Å². The number of ether oxygens (including phenoxy) is 1. The van der Waals surface area contributed by atoms with Crippen LogP contribution in [-0.2, 0) is 9.53 Å². The Balaban J connectivity index is 2.85. The molecule has 1 amide bonds. The summed E-state index contributed by atoms with van der Waals surface area (Å²) >= 11 is 0. The fraction of sp³-hybridized carbons (Fsp3) is 0.923. The van der Waals surface area contributed by atoms with Gasteiger partial charge in [-0.15, -0.1) is 0 Å². The van der Waals surface area contributed by atoms with E-state index in [1.165, 1.54) is 51.4 Å². The highest BCUT2D eigenvalue weighted by Gasteiger charge is 1.92. The van der Waals surface area contributed by atoms with Crippen LogP contribution in [0.3, 0.4) is 0 Å². The van der Waals surface area contributed by atoms with Gasteiger partial charge in [-0.25, -0.2) is 0 Å². The summed E-state index contributed by atoms with van der Waals surface area (Å²) in [5, 5.41) is 2.69. The summed E-state index contributed by atoms with van der Waals surface area (Å²) in [5.41, 5.74) is 0. The minimum absolute atomic E-state index is 0.778. The molecule has 0 rings (SSSR count). The van der Waals surface area contributed by atoms with Gasteiger partial charge in [-0.1, -0.05) is 44.9 Å². The van der Waals surface area contributed by atoms with Gasteiger partial charge in [0.1, 0.15) is 0 Å². The zero-order valence-electron chi connectivity index (χ0n) is 10.7. The van der Waals surface area contributed by atoms with E-state index < -0.39 is 0 Å². The Morgan fingerprint density at radius 1 is 0.875 bits per heavy atom. The van der Waals surface area contributed by atoms with Crippen LogP contribution in [0.25, 0.3) is 0 Å². The summed E-state index contributed by atoms with van der Waals surface area (Å²) in [4.78, 5) is 9.97. The smallest absolute Gasteiger partial charge is 0.207 e. The van der Waals surface area contributed by atoms with Gasteiger partial charge in [0.25, 0.3) is 0 Å². The molecule has 0 bridgehead atoms. The van der Waals surface area contributed by atoms with Crippen molar-refractivity contribution < 1.29 is 9.53 Å². The molecule has 0 aliphatic heterocycles. The fourth-order valence-electron chi connectivity index (χ4n) is 1.77. The molecule has 0 aliphatic rings. The zero-order chi connectivity index (χ0) is 11.9. The summed E-state index contributed by atoms with van der Waals surface area (Å²) in [5.74, 6) is 0. The van der Waals surface area contributed by atoms with Crippen molar-refractivity contribution >= 4 is 6.41 Å². The second kappa shape index (κ2) is 14.4. The number of nitrogens with one attached hydrogen (secondary N) is 1. The first-order valence-corrected chi connectivity index (χ1v) is 6.57. The molecule has 16 heavy (non-hydrogen) atoms. The highest BCUT2D eigenvalue weighted by molar-refractivity contribution is 5.45. The Morgan fingerprint density at radius 2 is 1.38 bits per heavy atom. The normalized spacial score (nSPS) is 10.3. The predicted molar refractivity (Wildman–Crippen MR) is 67.5 cm³/mol. The molecule has 0 atom stereocenters. The summed E-state index contributed by atoms with van der Waals surface area (Å²) in [6.07, 6.45) is 12.3. The van der Waals surface area contributed by atoms with Crippen LogP contribution in [-0.4, -0.2) is 26.7 Å². The predicted octanol–water partition coefficient (Wildman–Crippen LogP) is 2.89. The van der Waals surface area contributed by atoms with Crippen LogP contribution in [0, 0.1) is 0 Å². The second-order valence-corrected chi connectivity index (χ2v) is 4.25. The fourth-order valence-corrected chi connectivity index (χ4v) is 1.77. The second-order valence-electron chi connectivity index (χ2n) is 4.25. The molecule has 0 saturated carbocycles. The van der Waals surface area contributed by atoms with E-state index in [0.717, 1.165) is 26.0 Å². The molecule has 3 nitrogen and oxygen atoms in total. The monoisotopic (exact) mass is 229 g/mol. The zero-order valence-corrected chi connectivity index (χ0v) is 10.7. The van der Waals surface area contributed by atoms with E-state index in [4.69, 9.17) is 4.74 Å². The maximum Gasteiger partial charge on any atom is 0.207 e. The third-order valence-electron chi connectivity index (χ3n) is 2.75. The third kappa shape index (κ3) is 13.4. The molecule has 96 valence electrons. The average Bonchev–Trinajstić information content (AvgIpc) is 2.31. The molecule has 0 aliphatic carbocycles. The van der Waals surface area contributed by atoms with Gasteiger partial charge in [0.15, 0.2) is 0 Å². The number of hydrogen-bond acceptors (Lipinski definition) is 2. The van der Waals surface area contributed by atoms with Gasteiger partial charge in [-0.05, 0) is 12.8 Å². The van der Waals surface area contributed by atoms with Gasteiger partial charge >= 0.3 is 0 Å². The van der Waals surface area contributed by atoms with E-state index in [2.05, 4.69) is 5.32 Å². The molecule has 1 N–H and O–H groups in total. The van der Waals surface area contributed by atoms with Crippen LogP contribution in [0.4, 0.5) is 0 Å². The molecule has 0 aromatic heterocycles. The summed E-state index contributed by atoms with van der Waals surface area (Å²) in [6.45, 7) is 1.74. The Bertz CT molecular complexity index is 140. The lowest BCUT2D eigenvalue weighted by Crippen LogP contribution is -2.11. The van der Waals surface area contributed by atoms with Gasteiger partial charge in [-0.3, -0.25) is 4.79 Å². The summed E-state index contributed by atoms with van der Waals surface area (Å²) in [6, 6.07) is 0. The van der Waals surface area contributed by atoms with Crippen LogP contribution in [0.1, 0.15) is 57.8 Å². The number of unbranched alkanes of at least 4 members (excludes halogenated alkanes) is 8. The van der Waals surface area contributed by atoms with Gasteiger partial charge in [0, 0.05) is 20.3 Å². The van der Waals surface area contributed by atoms with E-state index in [-0.39, 0.29) is 0 Å². The molecule has 0 fully saturated rings. The van der Waals surface area contributed by atoms with E-state index >= 15 is 0 Å². The first kappa shape index (κ1) is 15.4. The first-order valence-electron chi connectivity index (χ1n) is 6.57. The van der Waals surface area contributed by atoms with Crippen LogP contribution < -0.4 is 5.32 Å². The molecule has 0 aromatic carbocycles. The Hall–Kier alpha value is -0.570. The van der Waals surface area contributed by atoms with Crippen LogP contribution in [0.5, 0.6) is 0 Å². The summed E-state index contributed by atoms with van der Waals surface area (Å²) < 4.78 is 5.00. The van der Waals surface area contributed by atoms with E-state index in [1.54, 1.807) is 7.11 Å². The number of rotatable bonds is 13. The van der Waals surface area contributed by atoms with E-state index in [9.17, 15) is 4.79 Å². The van der Waals surface area contributed by atoms with Crippen molar-refractivity contribution in [2.45, 2.75) is 57.8 Å². The van der Waals surface area contributed by atoms with Gasteiger partial charge in [0.05, 0.1) is 0 Å². The number of methoxy groups -OCH3 is 1. The maximum atomic E-state index is 9.97. The molecular weight excluding hydrogens is 202 g/mol.